The number of pyridine rings is 1. The molecule has 7 nitrogen and oxygen atoms in total. The number of piperazine rings is 1. The van der Waals surface area contributed by atoms with Gasteiger partial charge < -0.3 is 20.3 Å². The van der Waals surface area contributed by atoms with Crippen molar-refractivity contribution in [2.75, 3.05) is 52.4 Å². The van der Waals surface area contributed by atoms with Gasteiger partial charge in [-0.2, -0.15) is 0 Å². The molecule has 1 unspecified atom stereocenters. The van der Waals surface area contributed by atoms with Gasteiger partial charge in [-0.3, -0.25) is 9.88 Å². The minimum Gasteiger partial charge on any atom is -0.373 e. The quantitative estimate of drug-likeness (QED) is 0.668. The second-order valence-electron chi connectivity index (χ2n) is 8.15. The number of nitrogens with zero attached hydrogens (tertiary/aromatic N) is 3. The molecule has 2 saturated heterocycles. The van der Waals surface area contributed by atoms with E-state index in [4.69, 9.17) is 27.9 Å². The van der Waals surface area contributed by atoms with Crippen molar-refractivity contribution in [3.63, 3.8) is 0 Å². The third kappa shape index (κ3) is 6.11. The van der Waals surface area contributed by atoms with E-state index in [2.05, 4.69) is 20.5 Å². The van der Waals surface area contributed by atoms with Gasteiger partial charge in [-0.1, -0.05) is 29.3 Å². The van der Waals surface area contributed by atoms with Crippen molar-refractivity contribution in [3.8, 4) is 0 Å². The van der Waals surface area contributed by atoms with Crippen molar-refractivity contribution < 1.29 is 9.53 Å². The number of morpholine rings is 1. The molecule has 2 aliphatic rings. The molecule has 0 radical (unpaired) electrons. The summed E-state index contributed by atoms with van der Waals surface area (Å²) in [5.41, 5.74) is 2.15. The van der Waals surface area contributed by atoms with Crippen LogP contribution in [0, 0.1) is 0 Å². The Balaban J connectivity index is 1.47. The van der Waals surface area contributed by atoms with E-state index in [1.54, 1.807) is 6.07 Å². The van der Waals surface area contributed by atoms with Gasteiger partial charge in [0.15, 0.2) is 0 Å². The molecule has 2 aliphatic heterocycles. The number of carbonyl (C=O) groups is 1. The number of nitrogens with one attached hydrogen (secondary N) is 2. The lowest BCUT2D eigenvalue weighted by Crippen LogP contribution is -2.54. The molecule has 2 fully saturated rings. The highest BCUT2D eigenvalue weighted by Gasteiger charge is 2.32. The van der Waals surface area contributed by atoms with E-state index in [1.807, 2.05) is 41.6 Å². The summed E-state index contributed by atoms with van der Waals surface area (Å²) < 4.78 is 6.16. The Morgan fingerprint density at radius 3 is 2.69 bits per heavy atom. The van der Waals surface area contributed by atoms with Crippen molar-refractivity contribution in [3.05, 3.63) is 63.9 Å². The van der Waals surface area contributed by atoms with E-state index in [-0.39, 0.29) is 18.2 Å². The van der Waals surface area contributed by atoms with E-state index in [0.717, 1.165) is 44.7 Å². The van der Waals surface area contributed by atoms with Gasteiger partial charge in [0.1, 0.15) is 0 Å². The molecule has 32 heavy (non-hydrogen) atoms. The normalized spacial score (nSPS) is 20.7. The predicted octanol–water partition coefficient (Wildman–Crippen LogP) is 2.99. The molecule has 1 aromatic heterocycles. The highest BCUT2D eigenvalue weighted by atomic mass is 35.5. The second kappa shape index (κ2) is 11.3. The Morgan fingerprint density at radius 2 is 1.94 bits per heavy atom. The SMILES string of the molecule is O=C(NC(c1ccc(Cl)c(Cl)c1)[C@@H]1CN(CCc2ccncc2)CCO1)N1CCNCC1. The number of ether oxygens (including phenoxy) is 1. The van der Waals surface area contributed by atoms with Crippen LogP contribution in [0.3, 0.4) is 0 Å². The summed E-state index contributed by atoms with van der Waals surface area (Å²) in [7, 11) is 0. The molecule has 3 heterocycles. The highest BCUT2D eigenvalue weighted by Crippen LogP contribution is 2.29. The first-order chi connectivity index (χ1) is 15.6. The Kier molecular flexibility index (Phi) is 8.21. The van der Waals surface area contributed by atoms with Gasteiger partial charge >= 0.3 is 6.03 Å². The Hall–Kier alpha value is -1.90. The summed E-state index contributed by atoms with van der Waals surface area (Å²) in [4.78, 5) is 21.3. The number of urea groups is 1. The lowest BCUT2D eigenvalue weighted by atomic mass is 9.99. The monoisotopic (exact) mass is 477 g/mol. The minimum absolute atomic E-state index is 0.0833. The summed E-state index contributed by atoms with van der Waals surface area (Å²) in [6, 6.07) is 9.19. The minimum atomic E-state index is -0.323. The van der Waals surface area contributed by atoms with E-state index in [1.165, 1.54) is 5.56 Å². The molecule has 0 saturated carbocycles. The van der Waals surface area contributed by atoms with Crippen LogP contribution < -0.4 is 10.6 Å². The highest BCUT2D eigenvalue weighted by molar-refractivity contribution is 6.42. The third-order valence-corrected chi connectivity index (χ3v) is 6.74. The molecular formula is C23H29Cl2N5O2. The number of benzene rings is 1. The number of carbonyl (C=O) groups excluding carboxylic acids is 1. The molecule has 2 amide bonds. The van der Waals surface area contributed by atoms with Crippen LogP contribution in [0.4, 0.5) is 4.79 Å². The van der Waals surface area contributed by atoms with E-state index >= 15 is 0 Å². The number of aromatic nitrogens is 1. The Bertz CT molecular complexity index is 895. The number of amides is 2. The van der Waals surface area contributed by atoms with Gasteiger partial charge in [0.25, 0.3) is 0 Å². The molecule has 172 valence electrons. The van der Waals surface area contributed by atoms with Crippen molar-refractivity contribution in [2.45, 2.75) is 18.6 Å². The fourth-order valence-corrected chi connectivity index (χ4v) is 4.47. The van der Waals surface area contributed by atoms with Crippen LogP contribution in [-0.2, 0) is 11.2 Å². The van der Waals surface area contributed by atoms with Crippen molar-refractivity contribution in [1.82, 2.24) is 25.4 Å². The van der Waals surface area contributed by atoms with Gasteiger partial charge in [0.2, 0.25) is 0 Å². The fraction of sp³-hybridized carbons (Fsp3) is 0.478. The zero-order valence-electron chi connectivity index (χ0n) is 18.0. The topological polar surface area (TPSA) is 69.7 Å². The third-order valence-electron chi connectivity index (χ3n) is 6.00. The first-order valence-electron chi connectivity index (χ1n) is 11.0. The Morgan fingerprint density at radius 1 is 1.16 bits per heavy atom. The largest absolute Gasteiger partial charge is 0.373 e. The maximum atomic E-state index is 13.0. The van der Waals surface area contributed by atoms with Gasteiger partial charge in [-0.15, -0.1) is 0 Å². The van der Waals surface area contributed by atoms with E-state index in [0.29, 0.717) is 29.7 Å². The summed E-state index contributed by atoms with van der Waals surface area (Å²) in [6.45, 7) is 6.08. The van der Waals surface area contributed by atoms with E-state index < -0.39 is 0 Å². The van der Waals surface area contributed by atoms with Crippen LogP contribution in [0.5, 0.6) is 0 Å². The van der Waals surface area contributed by atoms with E-state index in [9.17, 15) is 4.79 Å². The predicted molar refractivity (Wildman–Crippen MR) is 126 cm³/mol. The van der Waals surface area contributed by atoms with Gasteiger partial charge in [0.05, 0.1) is 28.8 Å². The smallest absolute Gasteiger partial charge is 0.318 e. The standard InChI is InChI=1S/C23H29Cl2N5O2/c24-19-2-1-18(15-20(19)25)22(28-23(31)30-11-8-27-9-12-30)21-16-29(13-14-32-21)10-5-17-3-6-26-7-4-17/h1-4,6-7,15,21-22,27H,5,8-14,16H2,(H,28,31)/t21-,22?/m0/s1. The van der Waals surface area contributed by atoms with Crippen LogP contribution in [0.15, 0.2) is 42.7 Å². The summed E-state index contributed by atoms with van der Waals surface area (Å²) in [6.07, 6.45) is 4.40. The van der Waals surface area contributed by atoms with Crippen LogP contribution >= 0.6 is 23.2 Å². The van der Waals surface area contributed by atoms with Gasteiger partial charge in [0, 0.05) is 58.2 Å². The second-order valence-corrected chi connectivity index (χ2v) is 8.97. The number of hydrogen-bond donors (Lipinski definition) is 2. The molecule has 4 rings (SSSR count). The van der Waals surface area contributed by atoms with Crippen LogP contribution in [-0.4, -0.2) is 79.3 Å². The summed E-state index contributed by atoms with van der Waals surface area (Å²) >= 11 is 12.5. The molecule has 0 spiro atoms. The lowest BCUT2D eigenvalue weighted by molar-refractivity contribution is -0.0454. The summed E-state index contributed by atoms with van der Waals surface area (Å²) in [5, 5.41) is 7.45. The average Bonchev–Trinajstić information content (AvgIpc) is 2.84. The molecule has 2 N–H and O–H groups in total. The number of halogens is 2. The Labute approximate surface area is 199 Å². The van der Waals surface area contributed by atoms with Crippen molar-refractivity contribution in [2.24, 2.45) is 0 Å². The molecule has 0 aliphatic carbocycles. The van der Waals surface area contributed by atoms with Crippen LogP contribution in [0.1, 0.15) is 17.2 Å². The molecule has 9 heteroatoms. The number of hydrogen-bond acceptors (Lipinski definition) is 5. The first kappa shape index (κ1) is 23.3. The number of rotatable bonds is 6. The molecule has 1 aromatic carbocycles. The molecule has 0 bridgehead atoms. The molecule has 2 aromatic rings. The summed E-state index contributed by atoms with van der Waals surface area (Å²) in [5.74, 6) is 0. The van der Waals surface area contributed by atoms with Crippen molar-refractivity contribution in [1.29, 1.82) is 0 Å². The fourth-order valence-electron chi connectivity index (χ4n) is 4.16. The van der Waals surface area contributed by atoms with Crippen molar-refractivity contribution >= 4 is 29.2 Å². The zero-order valence-corrected chi connectivity index (χ0v) is 19.5. The van der Waals surface area contributed by atoms with Crippen LogP contribution in [0.25, 0.3) is 0 Å². The zero-order chi connectivity index (χ0) is 22.3. The maximum absolute atomic E-state index is 13.0. The lowest BCUT2D eigenvalue weighted by Gasteiger charge is -2.38. The first-order valence-corrected chi connectivity index (χ1v) is 11.8. The molecular weight excluding hydrogens is 449 g/mol. The van der Waals surface area contributed by atoms with Gasteiger partial charge in [-0.05, 0) is 41.8 Å². The molecule has 2 atom stereocenters. The van der Waals surface area contributed by atoms with Gasteiger partial charge in [-0.25, -0.2) is 4.79 Å². The van der Waals surface area contributed by atoms with Crippen LogP contribution in [0.2, 0.25) is 10.0 Å². The average molecular weight is 478 g/mol. The maximum Gasteiger partial charge on any atom is 0.318 e.